The van der Waals surface area contributed by atoms with E-state index in [1.54, 1.807) is 6.92 Å². The molecule has 82 valence electrons. The van der Waals surface area contributed by atoms with Crippen LogP contribution in [0.15, 0.2) is 11.0 Å². The van der Waals surface area contributed by atoms with Gasteiger partial charge in [-0.1, -0.05) is 12.5 Å². The Morgan fingerprint density at radius 1 is 1.43 bits per heavy atom. The molecule has 1 aliphatic heterocycles. The SMILES string of the molecule is CCS(=O)(=O)C=C(C)C1CCOCC1. The van der Waals surface area contributed by atoms with E-state index in [1.807, 2.05) is 6.92 Å². The van der Waals surface area contributed by atoms with E-state index in [0.29, 0.717) is 5.92 Å². The van der Waals surface area contributed by atoms with Gasteiger partial charge in [0.05, 0.1) is 5.75 Å². The zero-order valence-electron chi connectivity index (χ0n) is 8.82. The highest BCUT2D eigenvalue weighted by atomic mass is 32.2. The van der Waals surface area contributed by atoms with Gasteiger partial charge in [-0.3, -0.25) is 0 Å². The summed E-state index contributed by atoms with van der Waals surface area (Å²) in [5, 5.41) is 1.43. The minimum Gasteiger partial charge on any atom is -0.381 e. The first-order valence-electron chi connectivity index (χ1n) is 5.04. The first-order valence-corrected chi connectivity index (χ1v) is 6.75. The number of hydrogen-bond donors (Lipinski definition) is 0. The summed E-state index contributed by atoms with van der Waals surface area (Å²) in [6.45, 7) is 5.08. The average Bonchev–Trinajstić information content (AvgIpc) is 2.19. The molecule has 1 saturated heterocycles. The smallest absolute Gasteiger partial charge is 0.171 e. The number of ether oxygens (including phenoxy) is 1. The Balaban J connectivity index is 2.67. The van der Waals surface area contributed by atoms with Gasteiger partial charge in [0.25, 0.3) is 0 Å². The average molecular weight is 218 g/mol. The third-order valence-electron chi connectivity index (χ3n) is 2.63. The summed E-state index contributed by atoms with van der Waals surface area (Å²) in [4.78, 5) is 0. The van der Waals surface area contributed by atoms with Gasteiger partial charge in [-0.2, -0.15) is 0 Å². The summed E-state index contributed by atoms with van der Waals surface area (Å²) in [6, 6.07) is 0. The van der Waals surface area contributed by atoms with Crippen molar-refractivity contribution in [2.45, 2.75) is 26.7 Å². The van der Waals surface area contributed by atoms with Crippen molar-refractivity contribution < 1.29 is 13.2 Å². The Labute approximate surface area is 86.1 Å². The Morgan fingerprint density at radius 2 is 2.00 bits per heavy atom. The van der Waals surface area contributed by atoms with Crippen LogP contribution in [0.1, 0.15) is 26.7 Å². The van der Waals surface area contributed by atoms with Gasteiger partial charge in [-0.05, 0) is 25.7 Å². The van der Waals surface area contributed by atoms with Crippen LogP contribution in [0.4, 0.5) is 0 Å². The topological polar surface area (TPSA) is 43.4 Å². The Bertz CT molecular complexity index is 297. The van der Waals surface area contributed by atoms with Gasteiger partial charge in [-0.25, -0.2) is 8.42 Å². The number of sulfone groups is 1. The van der Waals surface area contributed by atoms with Crippen molar-refractivity contribution in [3.8, 4) is 0 Å². The molecule has 0 aromatic rings. The molecule has 1 aliphatic rings. The fourth-order valence-electron chi connectivity index (χ4n) is 1.62. The van der Waals surface area contributed by atoms with Crippen LogP contribution in [-0.4, -0.2) is 27.4 Å². The lowest BCUT2D eigenvalue weighted by Gasteiger charge is -2.22. The van der Waals surface area contributed by atoms with Crippen LogP contribution < -0.4 is 0 Å². The van der Waals surface area contributed by atoms with Crippen LogP contribution in [0, 0.1) is 5.92 Å². The van der Waals surface area contributed by atoms with E-state index in [-0.39, 0.29) is 5.75 Å². The summed E-state index contributed by atoms with van der Waals surface area (Å²) >= 11 is 0. The maximum Gasteiger partial charge on any atom is 0.171 e. The lowest BCUT2D eigenvalue weighted by Crippen LogP contribution is -2.17. The van der Waals surface area contributed by atoms with Crippen LogP contribution in [-0.2, 0) is 14.6 Å². The second-order valence-electron chi connectivity index (χ2n) is 3.70. The molecule has 0 spiro atoms. The summed E-state index contributed by atoms with van der Waals surface area (Å²) in [6.07, 6.45) is 1.89. The molecule has 0 aliphatic carbocycles. The van der Waals surface area contributed by atoms with Crippen molar-refractivity contribution in [3.63, 3.8) is 0 Å². The normalized spacial score (nSPS) is 21.1. The Kier molecular flexibility index (Phi) is 4.13. The van der Waals surface area contributed by atoms with Crippen molar-refractivity contribution in [3.05, 3.63) is 11.0 Å². The van der Waals surface area contributed by atoms with E-state index >= 15 is 0 Å². The van der Waals surface area contributed by atoms with Gasteiger partial charge >= 0.3 is 0 Å². The molecule has 0 aromatic carbocycles. The Morgan fingerprint density at radius 3 is 2.50 bits per heavy atom. The number of rotatable bonds is 3. The van der Waals surface area contributed by atoms with Crippen molar-refractivity contribution >= 4 is 9.84 Å². The minimum absolute atomic E-state index is 0.188. The molecule has 3 nitrogen and oxygen atoms in total. The summed E-state index contributed by atoms with van der Waals surface area (Å²) in [5.74, 6) is 0.582. The summed E-state index contributed by atoms with van der Waals surface area (Å²) in [7, 11) is -2.97. The standard InChI is InChI=1S/C10H18O3S/c1-3-14(11,12)8-9(2)10-4-6-13-7-5-10/h8,10H,3-7H2,1-2H3. The quantitative estimate of drug-likeness (QED) is 0.725. The fourth-order valence-corrected chi connectivity index (χ4v) is 2.54. The minimum atomic E-state index is -2.97. The third kappa shape index (κ3) is 3.42. The van der Waals surface area contributed by atoms with Crippen LogP contribution in [0.25, 0.3) is 0 Å². The van der Waals surface area contributed by atoms with Crippen LogP contribution >= 0.6 is 0 Å². The molecule has 0 amide bonds. The molecule has 0 unspecified atom stereocenters. The lowest BCUT2D eigenvalue weighted by molar-refractivity contribution is 0.0758. The van der Waals surface area contributed by atoms with Crippen molar-refractivity contribution in [2.24, 2.45) is 5.92 Å². The van der Waals surface area contributed by atoms with E-state index in [0.717, 1.165) is 31.6 Å². The first-order chi connectivity index (χ1) is 6.55. The number of hydrogen-bond acceptors (Lipinski definition) is 3. The summed E-state index contributed by atoms with van der Waals surface area (Å²) < 4.78 is 27.9. The third-order valence-corrected chi connectivity index (χ3v) is 4.17. The van der Waals surface area contributed by atoms with Gasteiger partial charge in [0.2, 0.25) is 0 Å². The van der Waals surface area contributed by atoms with Crippen LogP contribution in [0.5, 0.6) is 0 Å². The molecule has 0 radical (unpaired) electrons. The second-order valence-corrected chi connectivity index (χ2v) is 5.84. The number of allylic oxidation sites excluding steroid dienone is 1. The molecule has 0 bridgehead atoms. The van der Waals surface area contributed by atoms with E-state index in [2.05, 4.69) is 0 Å². The van der Waals surface area contributed by atoms with Crippen molar-refractivity contribution in [1.82, 2.24) is 0 Å². The van der Waals surface area contributed by atoms with Crippen LogP contribution in [0.2, 0.25) is 0 Å². The van der Waals surface area contributed by atoms with Crippen LogP contribution in [0.3, 0.4) is 0 Å². The first kappa shape index (κ1) is 11.7. The molecule has 0 aromatic heterocycles. The maximum absolute atomic E-state index is 11.3. The Hall–Kier alpha value is -0.350. The highest BCUT2D eigenvalue weighted by Crippen LogP contribution is 2.23. The van der Waals surface area contributed by atoms with Crippen molar-refractivity contribution in [1.29, 1.82) is 0 Å². The zero-order valence-corrected chi connectivity index (χ0v) is 9.64. The molecular weight excluding hydrogens is 200 g/mol. The van der Waals surface area contributed by atoms with E-state index < -0.39 is 9.84 Å². The van der Waals surface area contributed by atoms with E-state index in [4.69, 9.17) is 4.74 Å². The monoisotopic (exact) mass is 218 g/mol. The maximum atomic E-state index is 11.3. The van der Waals surface area contributed by atoms with Gasteiger partial charge in [-0.15, -0.1) is 0 Å². The fraction of sp³-hybridized carbons (Fsp3) is 0.800. The predicted molar refractivity (Wildman–Crippen MR) is 56.8 cm³/mol. The molecule has 0 atom stereocenters. The molecule has 0 saturated carbocycles. The highest BCUT2D eigenvalue weighted by molar-refractivity contribution is 7.94. The molecule has 4 heteroatoms. The zero-order chi connectivity index (χ0) is 10.6. The summed E-state index contributed by atoms with van der Waals surface area (Å²) in [5.41, 5.74) is 0.982. The van der Waals surface area contributed by atoms with Crippen molar-refractivity contribution in [2.75, 3.05) is 19.0 Å². The van der Waals surface area contributed by atoms with Gasteiger partial charge in [0.1, 0.15) is 0 Å². The van der Waals surface area contributed by atoms with Gasteiger partial charge in [0, 0.05) is 18.6 Å². The molecule has 1 rings (SSSR count). The lowest BCUT2D eigenvalue weighted by atomic mass is 9.94. The second kappa shape index (κ2) is 4.94. The molecule has 1 heterocycles. The molecule has 1 fully saturated rings. The molecular formula is C10H18O3S. The van der Waals surface area contributed by atoms with Gasteiger partial charge < -0.3 is 4.74 Å². The molecule has 0 N–H and O–H groups in total. The van der Waals surface area contributed by atoms with Gasteiger partial charge in [0.15, 0.2) is 9.84 Å². The predicted octanol–water partition coefficient (Wildman–Crippen LogP) is 1.75. The highest BCUT2D eigenvalue weighted by Gasteiger charge is 2.17. The van der Waals surface area contributed by atoms with E-state index in [9.17, 15) is 8.42 Å². The largest absolute Gasteiger partial charge is 0.381 e. The molecule has 14 heavy (non-hydrogen) atoms. The van der Waals surface area contributed by atoms with E-state index in [1.165, 1.54) is 5.41 Å².